The van der Waals surface area contributed by atoms with Gasteiger partial charge in [0, 0.05) is 18.8 Å². The van der Waals surface area contributed by atoms with Crippen molar-refractivity contribution in [2.24, 2.45) is 5.41 Å². The number of benzene rings is 1. The number of carbonyl (C=O) groups excluding carboxylic acids is 2. The van der Waals surface area contributed by atoms with Crippen LogP contribution in [-0.4, -0.2) is 43.9 Å². The Balaban J connectivity index is 2.08. The average Bonchev–Trinajstić information content (AvgIpc) is 3.36. The van der Waals surface area contributed by atoms with Crippen LogP contribution in [0.25, 0.3) is 0 Å². The van der Waals surface area contributed by atoms with Gasteiger partial charge in [0.1, 0.15) is 5.41 Å². The summed E-state index contributed by atoms with van der Waals surface area (Å²) in [5.74, 6) is -0.311. The highest BCUT2D eigenvalue weighted by Crippen LogP contribution is 2.47. The van der Waals surface area contributed by atoms with Crippen molar-refractivity contribution < 1.29 is 9.59 Å². The highest BCUT2D eigenvalue weighted by Gasteiger charge is 2.56. The maximum Gasteiger partial charge on any atom is 0.240 e. The Morgan fingerprint density at radius 2 is 1.67 bits per heavy atom. The number of anilines is 1. The first kappa shape index (κ1) is 18.5. The lowest BCUT2D eigenvalue weighted by atomic mass is 10.0. The summed E-state index contributed by atoms with van der Waals surface area (Å²) in [6.07, 6.45) is 2.96. The number of rotatable bonds is 8. The summed E-state index contributed by atoms with van der Waals surface area (Å²) in [6.45, 7) is 5.48. The molecule has 0 unspecified atom stereocenters. The standard InChI is InChI=1S/C19H29N3O2/c1-5-14-8-7-9-15(6-2)16(14)21-18(24)19(10-11-19)17(23)20-12-13-22(3)4/h7-9H,5-6,10-13H2,1-4H3,(H,20,23)(H,21,24). The van der Waals surface area contributed by atoms with E-state index in [2.05, 4.69) is 24.5 Å². The Hall–Kier alpha value is -1.88. The van der Waals surface area contributed by atoms with Gasteiger partial charge in [-0.2, -0.15) is 0 Å². The molecule has 2 N–H and O–H groups in total. The van der Waals surface area contributed by atoms with Gasteiger partial charge in [0.2, 0.25) is 11.8 Å². The van der Waals surface area contributed by atoms with E-state index in [-0.39, 0.29) is 11.8 Å². The van der Waals surface area contributed by atoms with Gasteiger partial charge < -0.3 is 15.5 Å². The normalized spacial score (nSPS) is 15.2. The molecule has 0 radical (unpaired) electrons. The van der Waals surface area contributed by atoms with Crippen LogP contribution in [0.2, 0.25) is 0 Å². The molecule has 1 fully saturated rings. The zero-order chi connectivity index (χ0) is 17.7. The largest absolute Gasteiger partial charge is 0.354 e. The second-order valence-electron chi connectivity index (χ2n) is 6.75. The molecule has 1 aromatic carbocycles. The van der Waals surface area contributed by atoms with Crippen molar-refractivity contribution in [1.29, 1.82) is 0 Å². The highest BCUT2D eigenvalue weighted by molar-refractivity contribution is 6.13. The van der Waals surface area contributed by atoms with E-state index in [0.717, 1.165) is 36.2 Å². The molecule has 1 aliphatic rings. The number of aryl methyl sites for hydroxylation is 2. The van der Waals surface area contributed by atoms with E-state index < -0.39 is 5.41 Å². The minimum Gasteiger partial charge on any atom is -0.354 e. The van der Waals surface area contributed by atoms with Gasteiger partial charge in [-0.3, -0.25) is 9.59 Å². The van der Waals surface area contributed by atoms with Gasteiger partial charge in [-0.05, 0) is 50.9 Å². The van der Waals surface area contributed by atoms with Crippen molar-refractivity contribution in [3.05, 3.63) is 29.3 Å². The number of nitrogens with zero attached hydrogens (tertiary/aromatic N) is 1. The molecule has 0 aromatic heterocycles. The molecule has 1 aromatic rings. The average molecular weight is 331 g/mol. The molecule has 0 aliphatic heterocycles. The van der Waals surface area contributed by atoms with Crippen LogP contribution in [0.1, 0.15) is 37.8 Å². The molecule has 1 aliphatic carbocycles. The Bertz CT molecular complexity index is 584. The minimum atomic E-state index is -0.877. The van der Waals surface area contributed by atoms with Crippen molar-refractivity contribution in [2.45, 2.75) is 39.5 Å². The number of hydrogen-bond donors (Lipinski definition) is 2. The molecule has 0 heterocycles. The molecular weight excluding hydrogens is 302 g/mol. The zero-order valence-electron chi connectivity index (χ0n) is 15.2. The van der Waals surface area contributed by atoms with Crippen LogP contribution in [0.4, 0.5) is 5.69 Å². The van der Waals surface area contributed by atoms with Crippen LogP contribution < -0.4 is 10.6 Å². The first-order valence-corrected chi connectivity index (χ1v) is 8.79. The van der Waals surface area contributed by atoms with Crippen LogP contribution >= 0.6 is 0 Å². The molecule has 0 spiro atoms. The summed E-state index contributed by atoms with van der Waals surface area (Å²) in [6, 6.07) is 6.09. The van der Waals surface area contributed by atoms with Crippen molar-refractivity contribution >= 4 is 17.5 Å². The molecule has 0 saturated heterocycles. The fourth-order valence-corrected chi connectivity index (χ4v) is 2.88. The molecule has 1 saturated carbocycles. The second kappa shape index (κ2) is 7.79. The number of para-hydroxylation sites is 1. The third-order valence-electron chi connectivity index (χ3n) is 4.70. The van der Waals surface area contributed by atoms with Crippen molar-refractivity contribution in [3.63, 3.8) is 0 Å². The smallest absolute Gasteiger partial charge is 0.240 e. The summed E-state index contributed by atoms with van der Waals surface area (Å²) >= 11 is 0. The monoisotopic (exact) mass is 331 g/mol. The minimum absolute atomic E-state index is 0.145. The van der Waals surface area contributed by atoms with E-state index in [1.807, 2.05) is 37.2 Å². The van der Waals surface area contributed by atoms with Gasteiger partial charge >= 0.3 is 0 Å². The summed E-state index contributed by atoms with van der Waals surface area (Å²) in [4.78, 5) is 27.3. The number of likely N-dealkylation sites (N-methyl/N-ethyl adjacent to an activating group) is 1. The van der Waals surface area contributed by atoms with Crippen LogP contribution in [-0.2, 0) is 22.4 Å². The second-order valence-corrected chi connectivity index (χ2v) is 6.75. The van der Waals surface area contributed by atoms with Gasteiger partial charge in [0.05, 0.1) is 0 Å². The van der Waals surface area contributed by atoms with Crippen LogP contribution in [0.15, 0.2) is 18.2 Å². The van der Waals surface area contributed by atoms with Crippen LogP contribution in [0, 0.1) is 5.41 Å². The molecule has 2 amide bonds. The predicted molar refractivity (Wildman–Crippen MR) is 97.1 cm³/mol. The first-order valence-electron chi connectivity index (χ1n) is 8.79. The Labute approximate surface area is 144 Å². The molecule has 24 heavy (non-hydrogen) atoms. The summed E-state index contributed by atoms with van der Waals surface area (Å²) in [5.41, 5.74) is 2.25. The van der Waals surface area contributed by atoms with Crippen molar-refractivity contribution in [3.8, 4) is 0 Å². The Kier molecular flexibility index (Phi) is 5.99. The van der Waals surface area contributed by atoms with Crippen molar-refractivity contribution in [1.82, 2.24) is 10.2 Å². The summed E-state index contributed by atoms with van der Waals surface area (Å²) < 4.78 is 0. The van der Waals surface area contributed by atoms with Gasteiger partial charge in [-0.25, -0.2) is 0 Å². The number of amides is 2. The predicted octanol–water partition coefficient (Wildman–Crippen LogP) is 2.21. The number of hydrogen-bond acceptors (Lipinski definition) is 3. The van der Waals surface area contributed by atoms with E-state index in [1.54, 1.807) is 0 Å². The van der Waals surface area contributed by atoms with Gasteiger partial charge in [0.25, 0.3) is 0 Å². The van der Waals surface area contributed by atoms with Crippen LogP contribution in [0.3, 0.4) is 0 Å². The zero-order valence-corrected chi connectivity index (χ0v) is 15.2. The maximum atomic E-state index is 12.8. The van der Waals surface area contributed by atoms with Gasteiger partial charge in [-0.15, -0.1) is 0 Å². The lowest BCUT2D eigenvalue weighted by Gasteiger charge is -2.19. The fraction of sp³-hybridized carbons (Fsp3) is 0.579. The summed E-state index contributed by atoms with van der Waals surface area (Å²) in [7, 11) is 3.92. The Morgan fingerprint density at radius 1 is 1.08 bits per heavy atom. The third kappa shape index (κ3) is 3.96. The number of carbonyl (C=O) groups is 2. The SMILES string of the molecule is CCc1cccc(CC)c1NC(=O)C1(C(=O)NCCN(C)C)CC1. The third-order valence-corrected chi connectivity index (χ3v) is 4.70. The van der Waals surface area contributed by atoms with E-state index in [1.165, 1.54) is 0 Å². The molecule has 5 nitrogen and oxygen atoms in total. The van der Waals surface area contributed by atoms with E-state index in [4.69, 9.17) is 0 Å². The lowest BCUT2D eigenvalue weighted by molar-refractivity contribution is -0.134. The molecule has 132 valence electrons. The molecule has 0 bridgehead atoms. The van der Waals surface area contributed by atoms with Crippen molar-refractivity contribution in [2.75, 3.05) is 32.5 Å². The highest BCUT2D eigenvalue weighted by atomic mass is 16.2. The molecule has 5 heteroatoms. The van der Waals surface area contributed by atoms with E-state index in [0.29, 0.717) is 19.4 Å². The topological polar surface area (TPSA) is 61.4 Å². The molecule has 0 atom stereocenters. The lowest BCUT2D eigenvalue weighted by Crippen LogP contribution is -2.42. The molecular formula is C19H29N3O2. The number of nitrogens with one attached hydrogen (secondary N) is 2. The Morgan fingerprint density at radius 3 is 2.12 bits per heavy atom. The first-order chi connectivity index (χ1) is 11.4. The molecule has 2 rings (SSSR count). The van der Waals surface area contributed by atoms with E-state index in [9.17, 15) is 9.59 Å². The maximum absolute atomic E-state index is 12.8. The fourth-order valence-electron chi connectivity index (χ4n) is 2.88. The van der Waals surface area contributed by atoms with Crippen LogP contribution in [0.5, 0.6) is 0 Å². The van der Waals surface area contributed by atoms with E-state index >= 15 is 0 Å². The van der Waals surface area contributed by atoms with Gasteiger partial charge in [0.15, 0.2) is 0 Å². The van der Waals surface area contributed by atoms with Gasteiger partial charge in [-0.1, -0.05) is 32.0 Å². The quantitative estimate of drug-likeness (QED) is 0.718. The summed E-state index contributed by atoms with van der Waals surface area (Å²) in [5, 5.41) is 5.95.